The summed E-state index contributed by atoms with van der Waals surface area (Å²) in [7, 11) is -3.49. The fourth-order valence-electron chi connectivity index (χ4n) is 5.30. The van der Waals surface area contributed by atoms with Crippen LogP contribution >= 0.6 is 0 Å². The molecule has 9 nitrogen and oxygen atoms in total. The molecule has 1 aliphatic carbocycles. The molecule has 0 spiro atoms. The van der Waals surface area contributed by atoms with Crippen LogP contribution in [0, 0.1) is 5.82 Å². The minimum atomic E-state index is -3.49. The maximum Gasteiger partial charge on any atom is 0.266 e. The van der Waals surface area contributed by atoms with E-state index in [4.69, 9.17) is 4.52 Å². The number of piperidine rings is 1. The van der Waals surface area contributed by atoms with Crippen molar-refractivity contribution in [1.29, 1.82) is 0 Å². The van der Waals surface area contributed by atoms with E-state index >= 15 is 0 Å². The first kappa shape index (κ1) is 23.1. The van der Waals surface area contributed by atoms with Gasteiger partial charge < -0.3 is 19.6 Å². The van der Waals surface area contributed by atoms with Crippen LogP contribution < -0.4 is 10.2 Å². The van der Waals surface area contributed by atoms with E-state index in [0.29, 0.717) is 24.8 Å². The zero-order chi connectivity index (χ0) is 23.9. The first-order valence-electron chi connectivity index (χ1n) is 11.9. The number of nitrogens with one attached hydrogen (secondary N) is 1. The Hall–Kier alpha value is -2.69. The second-order valence-corrected chi connectivity index (χ2v) is 11.6. The second-order valence-electron chi connectivity index (χ2n) is 9.56. The third-order valence-electron chi connectivity index (χ3n) is 7.26. The molecule has 1 saturated carbocycles. The Labute approximate surface area is 198 Å². The van der Waals surface area contributed by atoms with Crippen molar-refractivity contribution in [2.75, 3.05) is 36.1 Å². The van der Waals surface area contributed by atoms with E-state index in [1.165, 1.54) is 25.0 Å². The summed E-state index contributed by atoms with van der Waals surface area (Å²) in [5, 5.41) is 7.15. The summed E-state index contributed by atoms with van der Waals surface area (Å²) in [6, 6.07) is 3.31. The molecule has 0 radical (unpaired) electrons. The largest absolute Gasteiger partial charge is 0.371 e. The Morgan fingerprint density at radius 3 is 2.50 bits per heavy atom. The van der Waals surface area contributed by atoms with Crippen LogP contribution in [0.2, 0.25) is 0 Å². The van der Waals surface area contributed by atoms with Crippen molar-refractivity contribution in [3.05, 3.63) is 29.9 Å². The van der Waals surface area contributed by atoms with Gasteiger partial charge in [-0.15, -0.1) is 0 Å². The Morgan fingerprint density at radius 1 is 1.09 bits per heavy atom. The van der Waals surface area contributed by atoms with Crippen LogP contribution in [0.25, 0.3) is 0 Å². The fraction of sp³-hybridized carbons (Fsp3) is 0.609. The number of amides is 1. The molecular weight excluding hydrogens is 461 g/mol. The number of nitrogens with zero attached hydrogens (tertiary/aromatic N) is 4. The van der Waals surface area contributed by atoms with Gasteiger partial charge in [0.1, 0.15) is 11.9 Å². The highest BCUT2D eigenvalue weighted by atomic mass is 32.2. The maximum atomic E-state index is 14.4. The molecule has 3 fully saturated rings. The van der Waals surface area contributed by atoms with Gasteiger partial charge in [-0.05, 0) is 55.5 Å². The molecule has 0 bridgehead atoms. The van der Waals surface area contributed by atoms with Crippen LogP contribution in [0.1, 0.15) is 56.8 Å². The number of carbonyl (C=O) groups excluding carboxylic acids is 1. The van der Waals surface area contributed by atoms with Crippen LogP contribution in [-0.2, 0) is 14.6 Å². The minimum absolute atomic E-state index is 0.0480. The van der Waals surface area contributed by atoms with Crippen LogP contribution in [0.4, 0.5) is 16.0 Å². The number of sulfone groups is 1. The van der Waals surface area contributed by atoms with Gasteiger partial charge in [-0.3, -0.25) is 4.79 Å². The highest BCUT2D eigenvalue weighted by Gasteiger charge is 2.38. The molecule has 1 atom stereocenters. The summed E-state index contributed by atoms with van der Waals surface area (Å²) in [6.45, 7) is 2.10. The number of aromatic nitrogens is 2. The zero-order valence-electron chi connectivity index (χ0n) is 19.2. The molecule has 11 heteroatoms. The molecule has 1 amide bonds. The van der Waals surface area contributed by atoms with E-state index in [1.807, 2.05) is 4.90 Å². The average molecular weight is 492 g/mol. The van der Waals surface area contributed by atoms with Crippen molar-refractivity contribution in [1.82, 2.24) is 15.0 Å². The van der Waals surface area contributed by atoms with E-state index in [0.717, 1.165) is 57.0 Å². The van der Waals surface area contributed by atoms with Gasteiger partial charge in [-0.2, -0.15) is 4.98 Å². The van der Waals surface area contributed by atoms with Gasteiger partial charge in [0.05, 0.1) is 10.6 Å². The molecular formula is C23H30FN5O4S. The Balaban J connectivity index is 1.16. The predicted molar refractivity (Wildman–Crippen MR) is 124 cm³/mol. The van der Waals surface area contributed by atoms with Crippen molar-refractivity contribution in [3.8, 4) is 0 Å². The first-order valence-corrected chi connectivity index (χ1v) is 13.8. The van der Waals surface area contributed by atoms with Crippen LogP contribution in [0.5, 0.6) is 0 Å². The van der Waals surface area contributed by atoms with Gasteiger partial charge in [0.25, 0.3) is 5.95 Å². The third-order valence-corrected chi connectivity index (χ3v) is 8.37. The smallest absolute Gasteiger partial charge is 0.266 e. The Kier molecular flexibility index (Phi) is 6.22. The molecule has 1 N–H and O–H groups in total. The van der Waals surface area contributed by atoms with Crippen molar-refractivity contribution < 1.29 is 22.1 Å². The van der Waals surface area contributed by atoms with Crippen molar-refractivity contribution >= 4 is 27.4 Å². The van der Waals surface area contributed by atoms with Crippen LogP contribution in [-0.4, -0.2) is 67.3 Å². The molecule has 1 unspecified atom stereocenters. The number of benzene rings is 1. The highest BCUT2D eigenvalue weighted by molar-refractivity contribution is 7.90. The number of hydrogen-bond acceptors (Lipinski definition) is 8. The lowest BCUT2D eigenvalue weighted by Gasteiger charge is -2.36. The fourth-order valence-corrected chi connectivity index (χ4v) is 5.93. The Bertz CT molecular complexity index is 1160. The number of carbonyl (C=O) groups is 1. The van der Waals surface area contributed by atoms with Crippen molar-refractivity contribution in [2.24, 2.45) is 0 Å². The standard InChI is InChI=1S/C23H30FN5O4S/c1-34(31,32)17-6-7-19(18(24)14-17)25-20-10-13-29(22(20)30)16-8-11-28(12-9-16)23-26-21(33-27-23)15-4-2-3-5-15/h6-7,14-16,20,25H,2-5,8-13H2,1H3. The molecule has 184 valence electrons. The summed E-state index contributed by atoms with van der Waals surface area (Å²) in [5.74, 6) is 1.04. The quantitative estimate of drug-likeness (QED) is 0.657. The molecule has 2 aromatic rings. The second kappa shape index (κ2) is 9.16. The van der Waals surface area contributed by atoms with Gasteiger partial charge in [-0.25, -0.2) is 12.8 Å². The lowest BCUT2D eigenvalue weighted by molar-refractivity contribution is -0.130. The third kappa shape index (κ3) is 4.62. The molecule has 34 heavy (non-hydrogen) atoms. The monoisotopic (exact) mass is 491 g/mol. The van der Waals surface area contributed by atoms with E-state index in [2.05, 4.69) is 20.4 Å². The van der Waals surface area contributed by atoms with E-state index in [1.54, 1.807) is 0 Å². The van der Waals surface area contributed by atoms with Gasteiger partial charge in [0.2, 0.25) is 11.8 Å². The van der Waals surface area contributed by atoms with E-state index in [9.17, 15) is 17.6 Å². The molecule has 3 aliphatic rings. The number of halogens is 1. The minimum Gasteiger partial charge on any atom is -0.371 e. The lowest BCUT2D eigenvalue weighted by Crippen LogP contribution is -2.47. The molecule has 3 heterocycles. The average Bonchev–Trinajstić information content (AvgIpc) is 3.56. The number of likely N-dealkylation sites (tertiary alicyclic amines) is 1. The van der Waals surface area contributed by atoms with Gasteiger partial charge in [0, 0.05) is 37.8 Å². The molecule has 2 aliphatic heterocycles. The van der Waals surface area contributed by atoms with Crippen molar-refractivity contribution in [2.45, 2.75) is 67.8 Å². The summed E-state index contributed by atoms with van der Waals surface area (Å²) in [5.41, 5.74) is 0.137. The Morgan fingerprint density at radius 2 is 1.82 bits per heavy atom. The SMILES string of the molecule is CS(=O)(=O)c1ccc(NC2CCN(C3CCN(c4noc(C5CCCC5)n4)CC3)C2=O)c(F)c1. The number of rotatable bonds is 6. The van der Waals surface area contributed by atoms with Crippen LogP contribution in [0.15, 0.2) is 27.6 Å². The number of anilines is 2. The summed E-state index contributed by atoms with van der Waals surface area (Å²) in [4.78, 5) is 21.6. The number of hydrogen-bond donors (Lipinski definition) is 1. The maximum absolute atomic E-state index is 14.4. The normalized spacial score (nSPS) is 22.6. The van der Waals surface area contributed by atoms with Crippen molar-refractivity contribution in [3.63, 3.8) is 0 Å². The summed E-state index contributed by atoms with van der Waals surface area (Å²) >= 11 is 0. The van der Waals surface area contributed by atoms with Gasteiger partial charge in [-0.1, -0.05) is 12.8 Å². The van der Waals surface area contributed by atoms with Gasteiger partial charge in [0.15, 0.2) is 9.84 Å². The molecule has 1 aromatic heterocycles. The zero-order valence-corrected chi connectivity index (χ0v) is 20.1. The topological polar surface area (TPSA) is 109 Å². The van der Waals surface area contributed by atoms with E-state index in [-0.39, 0.29) is 22.5 Å². The highest BCUT2D eigenvalue weighted by Crippen LogP contribution is 2.34. The molecule has 2 saturated heterocycles. The first-order chi connectivity index (χ1) is 16.3. The molecule has 1 aromatic carbocycles. The lowest BCUT2D eigenvalue weighted by atomic mass is 10.0. The summed E-state index contributed by atoms with van der Waals surface area (Å²) < 4.78 is 43.2. The van der Waals surface area contributed by atoms with Crippen LogP contribution in [0.3, 0.4) is 0 Å². The predicted octanol–water partition coefficient (Wildman–Crippen LogP) is 2.95. The van der Waals surface area contributed by atoms with E-state index < -0.39 is 21.7 Å². The summed E-state index contributed by atoms with van der Waals surface area (Å²) in [6.07, 6.45) is 7.88. The molecule has 5 rings (SSSR count). The van der Waals surface area contributed by atoms with Gasteiger partial charge >= 0.3 is 0 Å².